The van der Waals surface area contributed by atoms with Crippen LogP contribution >= 0.6 is 0 Å². The number of nitrogens with one attached hydrogen (secondary N) is 1. The van der Waals surface area contributed by atoms with Crippen molar-refractivity contribution in [2.45, 2.75) is 24.7 Å². The van der Waals surface area contributed by atoms with Crippen molar-refractivity contribution in [3.05, 3.63) is 24.3 Å². The molecule has 0 unspecified atom stereocenters. The van der Waals surface area contributed by atoms with E-state index in [0.29, 0.717) is 17.8 Å². The van der Waals surface area contributed by atoms with Crippen LogP contribution < -0.4 is 5.43 Å². The van der Waals surface area contributed by atoms with Gasteiger partial charge in [-0.3, -0.25) is 14.8 Å². The molecule has 1 rings (SSSR count). The van der Waals surface area contributed by atoms with Crippen molar-refractivity contribution in [1.29, 1.82) is 0 Å². The number of hydrogen-bond acceptors (Lipinski definition) is 5. The van der Waals surface area contributed by atoms with Gasteiger partial charge in [-0.05, 0) is 37.6 Å². The minimum Gasteiger partial charge on any atom is -0.481 e. The molecular formula is C11H14N2O5S. The van der Waals surface area contributed by atoms with Crippen LogP contribution in [0.25, 0.3) is 0 Å². The molecule has 0 atom stereocenters. The summed E-state index contributed by atoms with van der Waals surface area (Å²) >= 11 is 0. The number of nitrogens with zero attached hydrogens (tertiary/aromatic N) is 1. The van der Waals surface area contributed by atoms with Gasteiger partial charge in [-0.15, -0.1) is 0 Å². The minimum absolute atomic E-state index is 0.00128. The van der Waals surface area contributed by atoms with E-state index in [1.807, 2.05) is 0 Å². The number of aliphatic carboxylic acids is 1. The van der Waals surface area contributed by atoms with Crippen molar-refractivity contribution in [2.75, 3.05) is 5.43 Å². The van der Waals surface area contributed by atoms with Crippen molar-refractivity contribution >= 4 is 27.5 Å². The maximum Gasteiger partial charge on any atom is 0.303 e. The highest BCUT2D eigenvalue weighted by Crippen LogP contribution is 2.13. The van der Waals surface area contributed by atoms with Gasteiger partial charge in [0.1, 0.15) is 0 Å². The van der Waals surface area contributed by atoms with Crippen LogP contribution in [0.1, 0.15) is 19.8 Å². The van der Waals surface area contributed by atoms with Crippen LogP contribution in [0, 0.1) is 0 Å². The highest BCUT2D eigenvalue weighted by molar-refractivity contribution is 7.85. The van der Waals surface area contributed by atoms with Crippen molar-refractivity contribution in [3.8, 4) is 0 Å². The first-order valence-corrected chi connectivity index (χ1v) is 6.81. The number of carbonyl (C=O) groups is 1. The summed E-state index contributed by atoms with van der Waals surface area (Å²) < 4.78 is 30.4. The lowest BCUT2D eigenvalue weighted by molar-refractivity contribution is -0.136. The van der Waals surface area contributed by atoms with Crippen LogP contribution in [0.3, 0.4) is 0 Å². The average molecular weight is 286 g/mol. The number of anilines is 1. The average Bonchev–Trinajstić information content (AvgIpc) is 2.33. The third-order valence-electron chi connectivity index (χ3n) is 2.23. The summed E-state index contributed by atoms with van der Waals surface area (Å²) in [7, 11) is -4.20. The Morgan fingerprint density at radius 1 is 1.26 bits per heavy atom. The van der Waals surface area contributed by atoms with E-state index < -0.39 is 16.1 Å². The van der Waals surface area contributed by atoms with Gasteiger partial charge in [-0.1, -0.05) is 0 Å². The number of carboxylic acids is 1. The fourth-order valence-electron chi connectivity index (χ4n) is 1.21. The van der Waals surface area contributed by atoms with E-state index in [0.717, 1.165) is 0 Å². The number of rotatable bonds is 6. The highest BCUT2D eigenvalue weighted by Gasteiger charge is 2.08. The van der Waals surface area contributed by atoms with Crippen LogP contribution in [0.2, 0.25) is 0 Å². The molecule has 0 saturated heterocycles. The lowest BCUT2D eigenvalue weighted by atomic mass is 10.2. The van der Waals surface area contributed by atoms with Crippen molar-refractivity contribution < 1.29 is 22.9 Å². The zero-order chi connectivity index (χ0) is 14.5. The third-order valence-corrected chi connectivity index (χ3v) is 3.10. The second-order valence-corrected chi connectivity index (χ2v) is 5.27. The van der Waals surface area contributed by atoms with Crippen LogP contribution in [-0.4, -0.2) is 29.8 Å². The van der Waals surface area contributed by atoms with Crippen LogP contribution in [0.4, 0.5) is 5.69 Å². The fourth-order valence-corrected chi connectivity index (χ4v) is 1.69. The van der Waals surface area contributed by atoms with Gasteiger partial charge in [0.25, 0.3) is 10.1 Å². The number of carboxylic acid groups (broad SMARTS) is 1. The molecular weight excluding hydrogens is 272 g/mol. The lowest BCUT2D eigenvalue weighted by Gasteiger charge is -2.03. The Balaban J connectivity index is 2.64. The van der Waals surface area contributed by atoms with Gasteiger partial charge >= 0.3 is 5.97 Å². The Morgan fingerprint density at radius 3 is 2.32 bits per heavy atom. The predicted octanol–water partition coefficient (Wildman–Crippen LogP) is 1.59. The Morgan fingerprint density at radius 2 is 1.84 bits per heavy atom. The maximum absolute atomic E-state index is 10.8. The first-order valence-electron chi connectivity index (χ1n) is 5.37. The first-order chi connectivity index (χ1) is 8.79. The zero-order valence-corrected chi connectivity index (χ0v) is 11.0. The van der Waals surface area contributed by atoms with E-state index in [-0.39, 0.29) is 11.3 Å². The third kappa shape index (κ3) is 5.49. The van der Waals surface area contributed by atoms with E-state index in [4.69, 9.17) is 9.66 Å². The molecule has 104 valence electrons. The topological polar surface area (TPSA) is 116 Å². The maximum atomic E-state index is 10.8. The molecule has 0 saturated carbocycles. The van der Waals surface area contributed by atoms with Crippen LogP contribution in [0.5, 0.6) is 0 Å². The predicted molar refractivity (Wildman–Crippen MR) is 69.9 cm³/mol. The standard InChI is InChI=1S/C11H14N2O5S/c1-8(2-7-11(14)15)12-13-9-3-5-10(6-4-9)19(16,17)18/h3-6,13H,2,7H2,1H3,(H,14,15)(H,16,17,18). The van der Waals surface area contributed by atoms with Crippen molar-refractivity contribution in [2.24, 2.45) is 5.10 Å². The van der Waals surface area contributed by atoms with E-state index in [2.05, 4.69) is 10.5 Å². The summed E-state index contributed by atoms with van der Waals surface area (Å²) in [5, 5.41) is 12.4. The highest BCUT2D eigenvalue weighted by atomic mass is 32.2. The minimum atomic E-state index is -4.20. The van der Waals surface area contributed by atoms with Gasteiger partial charge in [0.2, 0.25) is 0 Å². The summed E-state index contributed by atoms with van der Waals surface area (Å²) in [5.41, 5.74) is 3.81. The van der Waals surface area contributed by atoms with Gasteiger partial charge in [-0.25, -0.2) is 0 Å². The second-order valence-electron chi connectivity index (χ2n) is 3.85. The smallest absolute Gasteiger partial charge is 0.303 e. The Hall–Kier alpha value is -1.93. The molecule has 0 amide bonds. The molecule has 0 aliphatic carbocycles. The van der Waals surface area contributed by atoms with Crippen LogP contribution in [-0.2, 0) is 14.9 Å². The molecule has 0 heterocycles. The fraction of sp³-hybridized carbons (Fsp3) is 0.273. The van der Waals surface area contributed by atoms with Gasteiger partial charge < -0.3 is 5.11 Å². The molecule has 7 nitrogen and oxygen atoms in total. The summed E-state index contributed by atoms with van der Waals surface area (Å²) in [6.07, 6.45) is 0.324. The zero-order valence-electron chi connectivity index (χ0n) is 10.2. The number of hydrogen-bond donors (Lipinski definition) is 3. The Bertz CT molecular complexity index is 578. The molecule has 0 fully saturated rings. The largest absolute Gasteiger partial charge is 0.481 e. The first kappa shape index (κ1) is 15.1. The molecule has 1 aromatic carbocycles. The van der Waals surface area contributed by atoms with Crippen molar-refractivity contribution in [1.82, 2.24) is 0 Å². The normalized spacial score (nSPS) is 12.2. The molecule has 0 spiro atoms. The summed E-state index contributed by atoms with van der Waals surface area (Å²) in [6, 6.07) is 5.35. The Labute approximate surface area is 110 Å². The molecule has 3 N–H and O–H groups in total. The van der Waals surface area contributed by atoms with Crippen molar-refractivity contribution in [3.63, 3.8) is 0 Å². The van der Waals surface area contributed by atoms with E-state index in [9.17, 15) is 13.2 Å². The summed E-state index contributed by atoms with van der Waals surface area (Å²) in [5.74, 6) is -0.896. The van der Waals surface area contributed by atoms with Gasteiger partial charge in [0, 0.05) is 5.71 Å². The van der Waals surface area contributed by atoms with Crippen LogP contribution in [0.15, 0.2) is 34.3 Å². The molecule has 0 aliphatic heterocycles. The molecule has 0 radical (unpaired) electrons. The number of benzene rings is 1. The quantitative estimate of drug-likeness (QED) is 0.415. The molecule has 1 aromatic rings. The molecule has 8 heteroatoms. The Kier molecular flexibility index (Phi) is 5.02. The monoisotopic (exact) mass is 286 g/mol. The summed E-state index contributed by atoms with van der Waals surface area (Å²) in [6.45, 7) is 1.68. The number of hydrazone groups is 1. The SMILES string of the molecule is CC(CCC(=O)O)=NNc1ccc(S(=O)(=O)O)cc1. The molecule has 19 heavy (non-hydrogen) atoms. The second kappa shape index (κ2) is 6.30. The molecule has 0 bridgehead atoms. The molecule has 0 aromatic heterocycles. The summed E-state index contributed by atoms with van der Waals surface area (Å²) in [4.78, 5) is 10.1. The van der Waals surface area contributed by atoms with Gasteiger partial charge in [0.15, 0.2) is 0 Å². The van der Waals surface area contributed by atoms with E-state index >= 15 is 0 Å². The molecule has 0 aliphatic rings. The van der Waals surface area contributed by atoms with E-state index in [1.54, 1.807) is 6.92 Å². The van der Waals surface area contributed by atoms with Gasteiger partial charge in [-0.2, -0.15) is 13.5 Å². The lowest BCUT2D eigenvalue weighted by Crippen LogP contribution is -2.02. The van der Waals surface area contributed by atoms with Gasteiger partial charge in [0.05, 0.1) is 17.0 Å². The van der Waals surface area contributed by atoms with E-state index in [1.165, 1.54) is 24.3 Å².